The molecule has 0 heterocycles. The van der Waals surface area contributed by atoms with Crippen molar-refractivity contribution in [3.8, 4) is 0 Å². The zero-order chi connectivity index (χ0) is 10.5. The van der Waals surface area contributed by atoms with Crippen LogP contribution in [-0.4, -0.2) is 23.5 Å². The number of amides is 1. The monoisotopic (exact) mass is 185 g/mol. The second kappa shape index (κ2) is 4.64. The minimum absolute atomic E-state index is 0.129. The fraction of sp³-hybridized carbons (Fsp3) is 0.556. The maximum atomic E-state index is 10.8. The van der Waals surface area contributed by atoms with Gasteiger partial charge in [0, 0.05) is 6.54 Å². The Morgan fingerprint density at radius 1 is 1.62 bits per heavy atom. The first-order chi connectivity index (χ1) is 5.96. The number of carbonyl (C=O) groups is 2. The van der Waals surface area contributed by atoms with E-state index in [1.807, 2.05) is 0 Å². The highest BCUT2D eigenvalue weighted by molar-refractivity contribution is 5.87. The molecule has 0 bridgehead atoms. The zero-order valence-corrected chi connectivity index (χ0v) is 7.96. The summed E-state index contributed by atoms with van der Waals surface area (Å²) in [6, 6.07) is 0. The van der Waals surface area contributed by atoms with E-state index in [9.17, 15) is 9.59 Å². The van der Waals surface area contributed by atoms with Crippen LogP contribution in [-0.2, 0) is 9.59 Å². The fourth-order valence-corrected chi connectivity index (χ4v) is 0.706. The first-order valence-electron chi connectivity index (χ1n) is 4.10. The van der Waals surface area contributed by atoms with Crippen molar-refractivity contribution >= 4 is 11.9 Å². The van der Waals surface area contributed by atoms with Crippen LogP contribution in [0.5, 0.6) is 0 Å². The average Bonchev–Trinajstić information content (AvgIpc) is 2.13. The molecule has 0 rings (SSSR count). The van der Waals surface area contributed by atoms with Gasteiger partial charge in [0.25, 0.3) is 0 Å². The topological polar surface area (TPSA) is 66.4 Å². The lowest BCUT2D eigenvalue weighted by molar-refractivity contribution is -0.148. The molecule has 0 saturated heterocycles. The average molecular weight is 185 g/mol. The summed E-state index contributed by atoms with van der Waals surface area (Å²) in [6.45, 7) is 6.77. The van der Waals surface area contributed by atoms with E-state index in [-0.39, 0.29) is 12.5 Å². The van der Waals surface area contributed by atoms with Gasteiger partial charge in [-0.2, -0.15) is 0 Å². The highest BCUT2D eigenvalue weighted by Gasteiger charge is 2.30. The number of aliphatic carboxylic acids is 1. The van der Waals surface area contributed by atoms with Gasteiger partial charge in [0.1, 0.15) is 0 Å². The molecule has 4 nitrogen and oxygen atoms in total. The Morgan fingerprint density at radius 3 is 2.46 bits per heavy atom. The van der Waals surface area contributed by atoms with Gasteiger partial charge in [-0.1, -0.05) is 13.5 Å². The lowest BCUT2D eigenvalue weighted by Crippen LogP contribution is -2.40. The van der Waals surface area contributed by atoms with Crippen molar-refractivity contribution in [3.05, 3.63) is 12.7 Å². The van der Waals surface area contributed by atoms with Gasteiger partial charge in [-0.3, -0.25) is 9.59 Å². The van der Waals surface area contributed by atoms with Crippen LogP contribution in [0.2, 0.25) is 0 Å². The molecule has 0 aromatic heterocycles. The molecule has 0 radical (unpaired) electrons. The Kier molecular flexibility index (Phi) is 4.17. The van der Waals surface area contributed by atoms with Crippen LogP contribution in [0.25, 0.3) is 0 Å². The van der Waals surface area contributed by atoms with Crippen molar-refractivity contribution in [2.24, 2.45) is 5.41 Å². The van der Waals surface area contributed by atoms with Gasteiger partial charge >= 0.3 is 5.97 Å². The van der Waals surface area contributed by atoms with Crippen molar-refractivity contribution < 1.29 is 14.7 Å². The molecule has 1 unspecified atom stereocenters. The van der Waals surface area contributed by atoms with E-state index in [2.05, 4.69) is 11.9 Å². The third kappa shape index (κ3) is 3.27. The number of nitrogens with one attached hydrogen (secondary N) is 1. The number of hydrogen-bond acceptors (Lipinski definition) is 2. The van der Waals surface area contributed by atoms with Crippen LogP contribution in [0.3, 0.4) is 0 Å². The van der Waals surface area contributed by atoms with Crippen molar-refractivity contribution in [2.75, 3.05) is 6.54 Å². The first-order valence-corrected chi connectivity index (χ1v) is 4.10. The van der Waals surface area contributed by atoms with Gasteiger partial charge in [0.15, 0.2) is 0 Å². The van der Waals surface area contributed by atoms with E-state index in [0.29, 0.717) is 6.42 Å². The Labute approximate surface area is 77.6 Å². The van der Waals surface area contributed by atoms with Crippen molar-refractivity contribution in [3.63, 3.8) is 0 Å². The number of carboxylic acid groups (broad SMARTS) is 1. The predicted octanol–water partition coefficient (Wildman–Crippen LogP) is 0.790. The summed E-state index contributed by atoms with van der Waals surface area (Å²) < 4.78 is 0. The summed E-state index contributed by atoms with van der Waals surface area (Å²) in [7, 11) is 0. The molecule has 2 N–H and O–H groups in total. The van der Waals surface area contributed by atoms with E-state index in [1.54, 1.807) is 13.8 Å². The summed E-state index contributed by atoms with van der Waals surface area (Å²) in [5, 5.41) is 11.3. The van der Waals surface area contributed by atoms with E-state index >= 15 is 0 Å². The number of hydrogen-bond donors (Lipinski definition) is 2. The molecule has 0 saturated carbocycles. The normalized spacial score (nSPS) is 14.3. The Balaban J connectivity index is 4.21. The summed E-state index contributed by atoms with van der Waals surface area (Å²) in [5.74, 6) is -1.25. The predicted molar refractivity (Wildman–Crippen MR) is 49.2 cm³/mol. The maximum absolute atomic E-state index is 10.8. The Hall–Kier alpha value is -1.32. The molecule has 4 heteroatoms. The SMILES string of the molecule is C=CC(=O)NCC(C)(CC)C(=O)O. The molecule has 0 aromatic rings. The third-order valence-electron chi connectivity index (χ3n) is 2.13. The molecule has 0 aliphatic heterocycles. The van der Waals surface area contributed by atoms with Gasteiger partial charge in [-0.15, -0.1) is 0 Å². The molecule has 1 atom stereocenters. The molecule has 74 valence electrons. The number of rotatable bonds is 5. The molecule has 0 fully saturated rings. The summed E-state index contributed by atoms with van der Waals surface area (Å²) in [4.78, 5) is 21.6. The molecule has 0 aliphatic carbocycles. The lowest BCUT2D eigenvalue weighted by Gasteiger charge is -2.22. The van der Waals surface area contributed by atoms with Gasteiger partial charge in [0.2, 0.25) is 5.91 Å². The Morgan fingerprint density at radius 2 is 2.15 bits per heavy atom. The summed E-state index contributed by atoms with van der Waals surface area (Å²) in [5.41, 5.74) is -0.890. The van der Waals surface area contributed by atoms with Crippen LogP contribution in [0.1, 0.15) is 20.3 Å². The van der Waals surface area contributed by atoms with E-state index in [0.717, 1.165) is 6.08 Å². The highest BCUT2D eigenvalue weighted by Crippen LogP contribution is 2.19. The number of carbonyl (C=O) groups excluding carboxylic acids is 1. The first kappa shape index (κ1) is 11.7. The van der Waals surface area contributed by atoms with Crippen molar-refractivity contribution in [1.82, 2.24) is 5.32 Å². The largest absolute Gasteiger partial charge is 0.481 e. The van der Waals surface area contributed by atoms with Gasteiger partial charge in [-0.05, 0) is 19.4 Å². The van der Waals surface area contributed by atoms with E-state index in [4.69, 9.17) is 5.11 Å². The Bertz CT molecular complexity index is 225. The zero-order valence-electron chi connectivity index (χ0n) is 7.96. The molecular weight excluding hydrogens is 170 g/mol. The maximum Gasteiger partial charge on any atom is 0.311 e. The molecule has 1 amide bonds. The standard InChI is InChI=1S/C9H15NO3/c1-4-7(11)10-6-9(3,5-2)8(12)13/h4H,1,5-6H2,2-3H3,(H,10,11)(H,12,13). The van der Waals surface area contributed by atoms with Crippen molar-refractivity contribution in [1.29, 1.82) is 0 Å². The summed E-state index contributed by atoms with van der Waals surface area (Å²) >= 11 is 0. The minimum atomic E-state index is -0.903. The second-order valence-electron chi connectivity index (χ2n) is 3.14. The van der Waals surface area contributed by atoms with Crippen LogP contribution in [0, 0.1) is 5.41 Å². The van der Waals surface area contributed by atoms with Crippen LogP contribution in [0.4, 0.5) is 0 Å². The molecule has 13 heavy (non-hydrogen) atoms. The van der Waals surface area contributed by atoms with Crippen LogP contribution in [0.15, 0.2) is 12.7 Å². The smallest absolute Gasteiger partial charge is 0.311 e. The van der Waals surface area contributed by atoms with Crippen LogP contribution < -0.4 is 5.32 Å². The molecular formula is C9H15NO3. The molecule has 0 aromatic carbocycles. The van der Waals surface area contributed by atoms with Gasteiger partial charge in [-0.25, -0.2) is 0 Å². The number of carboxylic acids is 1. The second-order valence-corrected chi connectivity index (χ2v) is 3.14. The fourth-order valence-electron chi connectivity index (χ4n) is 0.706. The van der Waals surface area contributed by atoms with E-state index in [1.165, 1.54) is 0 Å². The quantitative estimate of drug-likeness (QED) is 0.622. The van der Waals surface area contributed by atoms with Gasteiger partial charge in [0.05, 0.1) is 5.41 Å². The molecule has 0 spiro atoms. The van der Waals surface area contributed by atoms with Crippen LogP contribution >= 0.6 is 0 Å². The highest BCUT2D eigenvalue weighted by atomic mass is 16.4. The lowest BCUT2D eigenvalue weighted by atomic mass is 9.88. The van der Waals surface area contributed by atoms with E-state index < -0.39 is 11.4 Å². The third-order valence-corrected chi connectivity index (χ3v) is 2.13. The minimum Gasteiger partial charge on any atom is -0.481 e. The summed E-state index contributed by atoms with van der Waals surface area (Å²) in [6.07, 6.45) is 1.59. The van der Waals surface area contributed by atoms with Gasteiger partial charge < -0.3 is 10.4 Å². The van der Waals surface area contributed by atoms with Crippen molar-refractivity contribution in [2.45, 2.75) is 20.3 Å². The molecule has 0 aliphatic rings.